The second kappa shape index (κ2) is 8.12. The third-order valence-electron chi connectivity index (χ3n) is 10.3. The molecule has 0 saturated heterocycles. The van der Waals surface area contributed by atoms with E-state index in [9.17, 15) is 19.5 Å². The normalized spacial score (nSPS) is 37.9. The van der Waals surface area contributed by atoms with Crippen molar-refractivity contribution in [3.8, 4) is 0 Å². The number of aliphatic hydroxyl groups is 1. The van der Waals surface area contributed by atoms with Crippen molar-refractivity contribution in [1.82, 2.24) is 9.55 Å². The zero-order chi connectivity index (χ0) is 25.5. The SMILES string of the molecule is Cn1c(SCC(=O)[C@@]2(O)CCC3C4CCC5=CC(=O)CCC5(C)C4C(=O)CC32C)nc2ccccc21. The first-order valence-corrected chi connectivity index (χ1v) is 14.1. The maximum atomic E-state index is 13.8. The molecule has 3 fully saturated rings. The predicted octanol–water partition coefficient (Wildman–Crippen LogP) is 4.68. The van der Waals surface area contributed by atoms with Crippen molar-refractivity contribution >= 4 is 40.1 Å². The number of rotatable bonds is 4. The topological polar surface area (TPSA) is 89.3 Å². The maximum absolute atomic E-state index is 13.8. The first kappa shape index (κ1) is 24.1. The lowest BCUT2D eigenvalue weighted by atomic mass is 9.46. The third-order valence-corrected chi connectivity index (χ3v) is 11.4. The average molecular weight is 507 g/mol. The minimum Gasteiger partial charge on any atom is -0.381 e. The van der Waals surface area contributed by atoms with Crippen molar-refractivity contribution < 1.29 is 19.5 Å². The van der Waals surface area contributed by atoms with Gasteiger partial charge in [0.05, 0.1) is 16.8 Å². The zero-order valence-electron chi connectivity index (χ0n) is 21.3. The number of nitrogens with zero attached hydrogens (tertiary/aromatic N) is 2. The monoisotopic (exact) mass is 506 g/mol. The molecule has 1 aromatic carbocycles. The number of ketones is 3. The molecule has 2 aromatic rings. The Balaban J connectivity index is 1.25. The Morgan fingerprint density at radius 2 is 1.94 bits per heavy atom. The molecule has 3 saturated carbocycles. The van der Waals surface area contributed by atoms with Gasteiger partial charge in [0.15, 0.2) is 16.7 Å². The number of thioether (sulfide) groups is 1. The number of aryl methyl sites for hydroxylation is 1. The lowest BCUT2D eigenvalue weighted by Gasteiger charge is -2.57. The molecule has 4 aliphatic rings. The molecular weight excluding hydrogens is 472 g/mol. The van der Waals surface area contributed by atoms with E-state index in [4.69, 9.17) is 0 Å². The highest BCUT2D eigenvalue weighted by molar-refractivity contribution is 7.99. The average Bonchev–Trinajstić information content (AvgIpc) is 3.31. The van der Waals surface area contributed by atoms with E-state index in [0.29, 0.717) is 12.8 Å². The number of para-hydroxylation sites is 2. The van der Waals surface area contributed by atoms with Crippen molar-refractivity contribution in [2.75, 3.05) is 5.75 Å². The van der Waals surface area contributed by atoms with Gasteiger partial charge in [0.2, 0.25) is 0 Å². The molecule has 0 amide bonds. The highest BCUT2D eigenvalue weighted by Crippen LogP contribution is 2.66. The molecule has 6 atom stereocenters. The van der Waals surface area contributed by atoms with Gasteiger partial charge in [-0.1, -0.05) is 43.3 Å². The van der Waals surface area contributed by atoms with Gasteiger partial charge in [0.1, 0.15) is 11.4 Å². The number of carbonyl (C=O) groups excluding carboxylic acids is 3. The Hall–Kier alpha value is -2.25. The number of imidazole rings is 1. The Morgan fingerprint density at radius 3 is 2.72 bits per heavy atom. The van der Waals surface area contributed by atoms with Gasteiger partial charge < -0.3 is 9.67 Å². The molecule has 0 radical (unpaired) electrons. The number of fused-ring (bicyclic) bond motifs is 6. The summed E-state index contributed by atoms with van der Waals surface area (Å²) in [6, 6.07) is 7.87. The molecule has 0 spiro atoms. The molecule has 36 heavy (non-hydrogen) atoms. The van der Waals surface area contributed by atoms with Crippen LogP contribution in [0.15, 0.2) is 41.1 Å². The first-order chi connectivity index (χ1) is 17.1. The smallest absolute Gasteiger partial charge is 0.175 e. The van der Waals surface area contributed by atoms with Gasteiger partial charge in [-0.25, -0.2) is 4.98 Å². The summed E-state index contributed by atoms with van der Waals surface area (Å²) in [4.78, 5) is 44.2. The molecule has 190 valence electrons. The molecule has 7 heteroatoms. The number of hydrogen-bond acceptors (Lipinski definition) is 6. The first-order valence-electron chi connectivity index (χ1n) is 13.1. The highest BCUT2D eigenvalue weighted by Gasteiger charge is 2.68. The summed E-state index contributed by atoms with van der Waals surface area (Å²) >= 11 is 1.36. The lowest BCUT2D eigenvalue weighted by Crippen LogP contribution is -2.60. The van der Waals surface area contributed by atoms with E-state index in [-0.39, 0.29) is 52.7 Å². The van der Waals surface area contributed by atoms with Crippen LogP contribution in [0.3, 0.4) is 0 Å². The molecule has 1 heterocycles. The van der Waals surface area contributed by atoms with E-state index >= 15 is 0 Å². The van der Waals surface area contributed by atoms with Crippen molar-refractivity contribution in [2.24, 2.45) is 35.6 Å². The van der Waals surface area contributed by atoms with Crippen LogP contribution < -0.4 is 0 Å². The van der Waals surface area contributed by atoms with Crippen LogP contribution in [0.4, 0.5) is 0 Å². The van der Waals surface area contributed by atoms with Crippen LogP contribution in [-0.2, 0) is 21.4 Å². The standard InChI is InChI=1S/C29H34N2O4S/c1-27-12-10-18(32)14-17(27)8-9-19-20-11-13-29(35,28(20,2)15-23(33)25(19)27)24(34)16-36-26-30-21-6-4-5-7-22(21)31(26)3/h4-7,14,19-20,25,35H,8-13,15-16H2,1-3H3/t19?,20?,25?,27?,28?,29-/m0/s1. The maximum Gasteiger partial charge on any atom is 0.175 e. The van der Waals surface area contributed by atoms with E-state index in [0.717, 1.165) is 47.4 Å². The highest BCUT2D eigenvalue weighted by atomic mass is 32.2. The van der Waals surface area contributed by atoms with Gasteiger partial charge in [-0.2, -0.15) is 0 Å². The van der Waals surface area contributed by atoms with Gasteiger partial charge >= 0.3 is 0 Å². The fraction of sp³-hybridized carbons (Fsp3) is 0.586. The van der Waals surface area contributed by atoms with Crippen LogP contribution in [0, 0.1) is 28.6 Å². The molecular formula is C29H34N2O4S. The van der Waals surface area contributed by atoms with Crippen LogP contribution >= 0.6 is 11.8 Å². The van der Waals surface area contributed by atoms with Crippen molar-refractivity contribution in [1.29, 1.82) is 0 Å². The van der Waals surface area contributed by atoms with E-state index in [1.807, 2.05) is 42.8 Å². The largest absolute Gasteiger partial charge is 0.381 e. The summed E-state index contributed by atoms with van der Waals surface area (Å²) in [6.45, 7) is 4.15. The molecule has 0 aliphatic heterocycles. The van der Waals surface area contributed by atoms with E-state index in [1.54, 1.807) is 6.08 Å². The summed E-state index contributed by atoms with van der Waals surface area (Å²) in [5.74, 6) is 0.444. The Bertz CT molecular complexity index is 1330. The fourth-order valence-corrected chi connectivity index (χ4v) is 9.30. The molecule has 0 bridgehead atoms. The lowest BCUT2D eigenvalue weighted by molar-refractivity contribution is -0.167. The van der Waals surface area contributed by atoms with Crippen molar-refractivity contribution in [3.63, 3.8) is 0 Å². The van der Waals surface area contributed by atoms with E-state index < -0.39 is 11.0 Å². The Morgan fingerprint density at radius 1 is 1.17 bits per heavy atom. The minimum atomic E-state index is -1.50. The number of benzene rings is 1. The van der Waals surface area contributed by atoms with Crippen LogP contribution in [0.2, 0.25) is 0 Å². The van der Waals surface area contributed by atoms with Crippen LogP contribution in [0.25, 0.3) is 11.0 Å². The van der Waals surface area contributed by atoms with Crippen LogP contribution in [-0.4, -0.2) is 43.4 Å². The molecule has 6 rings (SSSR count). The van der Waals surface area contributed by atoms with E-state index in [2.05, 4.69) is 11.9 Å². The van der Waals surface area contributed by atoms with Crippen molar-refractivity contribution in [2.45, 2.75) is 69.6 Å². The van der Waals surface area contributed by atoms with Gasteiger partial charge in [-0.05, 0) is 67.6 Å². The van der Waals surface area contributed by atoms with Crippen molar-refractivity contribution in [3.05, 3.63) is 35.9 Å². The predicted molar refractivity (Wildman–Crippen MR) is 138 cm³/mol. The second-order valence-corrected chi connectivity index (χ2v) is 12.9. The summed E-state index contributed by atoms with van der Waals surface area (Å²) in [7, 11) is 1.94. The zero-order valence-corrected chi connectivity index (χ0v) is 22.1. The minimum absolute atomic E-state index is 0.115. The van der Waals surface area contributed by atoms with Gasteiger partial charge in [-0.15, -0.1) is 0 Å². The van der Waals surface area contributed by atoms with Gasteiger partial charge in [0, 0.05) is 31.2 Å². The van der Waals surface area contributed by atoms with E-state index in [1.165, 1.54) is 11.8 Å². The second-order valence-electron chi connectivity index (χ2n) is 12.0. The number of allylic oxidation sites excluding steroid dienone is 1. The summed E-state index contributed by atoms with van der Waals surface area (Å²) in [5, 5.41) is 12.7. The third kappa shape index (κ3) is 3.21. The molecule has 5 unspecified atom stereocenters. The number of hydrogen-bond donors (Lipinski definition) is 1. The Labute approximate surface area is 215 Å². The molecule has 6 nitrogen and oxygen atoms in total. The van der Waals surface area contributed by atoms with Gasteiger partial charge in [-0.3, -0.25) is 14.4 Å². The summed E-state index contributed by atoms with van der Waals surface area (Å²) < 4.78 is 1.98. The van der Waals surface area contributed by atoms with Gasteiger partial charge in [0.25, 0.3) is 0 Å². The quantitative estimate of drug-likeness (QED) is 0.606. The summed E-state index contributed by atoms with van der Waals surface area (Å²) in [5.41, 5.74) is 0.504. The molecule has 1 aromatic heterocycles. The Kier molecular flexibility index (Phi) is 5.44. The molecule has 1 N–H and O–H groups in total. The number of carbonyl (C=O) groups is 3. The van der Waals surface area contributed by atoms with Crippen LogP contribution in [0.5, 0.6) is 0 Å². The fourth-order valence-electron chi connectivity index (χ4n) is 8.35. The molecule has 4 aliphatic carbocycles. The summed E-state index contributed by atoms with van der Waals surface area (Å²) in [6.07, 6.45) is 6.11. The number of Topliss-reactive ketones (excluding diaryl/α,β-unsaturated/α-hetero) is 2. The number of aromatic nitrogens is 2. The van der Waals surface area contributed by atoms with Crippen LogP contribution in [0.1, 0.15) is 58.8 Å².